The van der Waals surface area contributed by atoms with Crippen molar-refractivity contribution in [2.45, 2.75) is 37.3 Å². The van der Waals surface area contributed by atoms with E-state index in [0.29, 0.717) is 21.4 Å². The van der Waals surface area contributed by atoms with Gasteiger partial charge in [0.15, 0.2) is 12.2 Å². The summed E-state index contributed by atoms with van der Waals surface area (Å²) in [4.78, 5) is 41.2. The standard InChI is InChI=1S/C31H28Cl2N2O7S2/c1-39-31(38)23(15-18-9-11-19(12-10-18)40-16-20-21(32)5-2-6-22(20)33)34-29(36)27-28(42-17-41-27)30(37)35-26(24-7-3-13-43-24)25-8-4-14-44-25/h2-14,23,26-28H,15-17H2,1H3,(H,34,36)(H,35,37)/t23-,27+,28+/m0/s1. The summed E-state index contributed by atoms with van der Waals surface area (Å²) in [5.41, 5.74) is 1.41. The van der Waals surface area contributed by atoms with Crippen molar-refractivity contribution in [3.8, 4) is 5.75 Å². The number of amides is 2. The van der Waals surface area contributed by atoms with Crippen molar-refractivity contribution >= 4 is 63.7 Å². The molecule has 0 bridgehead atoms. The van der Waals surface area contributed by atoms with Crippen LogP contribution in [0.25, 0.3) is 0 Å². The first-order chi connectivity index (χ1) is 21.3. The van der Waals surface area contributed by atoms with Gasteiger partial charge in [0, 0.05) is 31.8 Å². The topological polar surface area (TPSA) is 112 Å². The molecule has 5 rings (SSSR count). The van der Waals surface area contributed by atoms with Crippen LogP contribution >= 0.6 is 45.9 Å². The molecule has 1 aliphatic heterocycles. The summed E-state index contributed by atoms with van der Waals surface area (Å²) in [5, 5.41) is 10.5. The molecule has 1 aliphatic rings. The van der Waals surface area contributed by atoms with E-state index in [1.807, 2.05) is 35.0 Å². The number of rotatable bonds is 12. The van der Waals surface area contributed by atoms with Gasteiger partial charge in [0.1, 0.15) is 25.2 Å². The lowest BCUT2D eigenvalue weighted by Crippen LogP contribution is -2.52. The molecule has 13 heteroatoms. The summed E-state index contributed by atoms with van der Waals surface area (Å²) in [6, 6.07) is 18.5. The number of carbonyl (C=O) groups excluding carboxylic acids is 3. The van der Waals surface area contributed by atoms with E-state index in [4.69, 9.17) is 42.1 Å². The van der Waals surface area contributed by atoms with E-state index >= 15 is 0 Å². The van der Waals surface area contributed by atoms with Crippen LogP contribution in [0.2, 0.25) is 10.0 Å². The van der Waals surface area contributed by atoms with Crippen LogP contribution in [-0.4, -0.2) is 49.9 Å². The molecular weight excluding hydrogens is 647 g/mol. The molecule has 2 N–H and O–H groups in total. The zero-order chi connectivity index (χ0) is 31.1. The Bertz CT molecular complexity index is 1510. The van der Waals surface area contributed by atoms with Gasteiger partial charge in [-0.15, -0.1) is 22.7 Å². The second kappa shape index (κ2) is 15.0. The molecule has 1 saturated heterocycles. The highest BCUT2D eigenvalue weighted by molar-refractivity contribution is 7.11. The maximum Gasteiger partial charge on any atom is 0.328 e. The number of nitrogens with one attached hydrogen (secondary N) is 2. The van der Waals surface area contributed by atoms with Crippen LogP contribution in [0.5, 0.6) is 5.75 Å². The Morgan fingerprint density at radius 3 is 2.00 bits per heavy atom. The van der Waals surface area contributed by atoms with Gasteiger partial charge in [0.25, 0.3) is 11.8 Å². The molecule has 4 aromatic rings. The van der Waals surface area contributed by atoms with Crippen LogP contribution in [0, 0.1) is 0 Å². The maximum atomic E-state index is 13.3. The molecule has 0 saturated carbocycles. The number of hydrogen-bond acceptors (Lipinski definition) is 9. The van der Waals surface area contributed by atoms with Crippen molar-refractivity contribution in [2.75, 3.05) is 13.9 Å². The molecule has 0 spiro atoms. The van der Waals surface area contributed by atoms with E-state index in [1.54, 1.807) is 42.5 Å². The van der Waals surface area contributed by atoms with E-state index in [1.165, 1.54) is 29.8 Å². The maximum absolute atomic E-state index is 13.3. The number of thiophene rings is 2. The Kier molecular flexibility index (Phi) is 10.9. The Hall–Kier alpha value is -3.45. The molecule has 1 fully saturated rings. The second-order valence-electron chi connectivity index (χ2n) is 9.69. The molecule has 230 valence electrons. The van der Waals surface area contributed by atoms with Crippen LogP contribution in [-0.2, 0) is 41.6 Å². The van der Waals surface area contributed by atoms with E-state index in [2.05, 4.69) is 10.6 Å². The smallest absolute Gasteiger partial charge is 0.328 e. The van der Waals surface area contributed by atoms with E-state index < -0.39 is 42.1 Å². The van der Waals surface area contributed by atoms with Gasteiger partial charge in [0.05, 0.1) is 13.2 Å². The van der Waals surface area contributed by atoms with Gasteiger partial charge in [-0.05, 0) is 52.7 Å². The lowest BCUT2D eigenvalue weighted by Gasteiger charge is -2.23. The molecule has 2 amide bonds. The zero-order valence-corrected chi connectivity index (χ0v) is 26.5. The van der Waals surface area contributed by atoms with Gasteiger partial charge >= 0.3 is 5.97 Å². The minimum atomic E-state index is -1.26. The fourth-order valence-corrected chi connectivity index (χ4v) is 6.75. The van der Waals surface area contributed by atoms with Crippen molar-refractivity contribution in [3.63, 3.8) is 0 Å². The highest BCUT2D eigenvalue weighted by atomic mass is 35.5. The Balaban J connectivity index is 1.21. The molecule has 3 atom stereocenters. The van der Waals surface area contributed by atoms with Crippen molar-refractivity contribution in [2.24, 2.45) is 0 Å². The third-order valence-corrected chi connectivity index (χ3v) is 9.42. The Morgan fingerprint density at radius 2 is 1.45 bits per heavy atom. The van der Waals surface area contributed by atoms with Crippen LogP contribution < -0.4 is 15.4 Å². The summed E-state index contributed by atoms with van der Waals surface area (Å²) >= 11 is 15.5. The quantitative estimate of drug-likeness (QED) is 0.190. The molecule has 0 unspecified atom stereocenters. The first-order valence-electron chi connectivity index (χ1n) is 13.5. The fourth-order valence-electron chi connectivity index (χ4n) is 4.58. The normalized spacial score (nSPS) is 16.8. The van der Waals surface area contributed by atoms with Crippen molar-refractivity contribution in [1.29, 1.82) is 0 Å². The van der Waals surface area contributed by atoms with Crippen molar-refractivity contribution in [3.05, 3.63) is 108 Å². The van der Waals surface area contributed by atoms with Gasteiger partial charge in [-0.1, -0.05) is 53.5 Å². The lowest BCUT2D eigenvalue weighted by atomic mass is 10.0. The molecule has 0 aliphatic carbocycles. The summed E-state index contributed by atoms with van der Waals surface area (Å²) in [7, 11) is 1.24. The third-order valence-electron chi connectivity index (χ3n) is 6.84. The summed E-state index contributed by atoms with van der Waals surface area (Å²) in [6.45, 7) is -0.0686. The zero-order valence-electron chi connectivity index (χ0n) is 23.4. The van der Waals surface area contributed by atoms with E-state index in [9.17, 15) is 14.4 Å². The van der Waals surface area contributed by atoms with Crippen molar-refractivity contribution in [1.82, 2.24) is 10.6 Å². The van der Waals surface area contributed by atoms with Gasteiger partial charge in [-0.25, -0.2) is 4.79 Å². The number of halogens is 2. The first kappa shape index (κ1) is 32.0. The third kappa shape index (κ3) is 7.79. The predicted octanol–water partition coefficient (Wildman–Crippen LogP) is 5.54. The van der Waals surface area contributed by atoms with Gasteiger partial charge in [-0.2, -0.15) is 0 Å². The number of methoxy groups -OCH3 is 1. The van der Waals surface area contributed by atoms with Crippen LogP contribution in [0.3, 0.4) is 0 Å². The van der Waals surface area contributed by atoms with Crippen molar-refractivity contribution < 1.29 is 33.3 Å². The summed E-state index contributed by atoms with van der Waals surface area (Å²) in [6.07, 6.45) is -2.35. The fraction of sp³-hybridized carbons (Fsp3) is 0.258. The second-order valence-corrected chi connectivity index (χ2v) is 12.5. The molecule has 0 radical (unpaired) electrons. The molecular formula is C31H28Cl2N2O7S2. The molecule has 3 heterocycles. The predicted molar refractivity (Wildman–Crippen MR) is 168 cm³/mol. The number of esters is 1. The van der Waals surface area contributed by atoms with Gasteiger partial charge in [-0.3, -0.25) is 9.59 Å². The van der Waals surface area contributed by atoms with Crippen LogP contribution in [0.1, 0.15) is 26.9 Å². The Labute approximate surface area is 272 Å². The molecule has 2 aromatic heterocycles. The highest BCUT2D eigenvalue weighted by Crippen LogP contribution is 2.30. The average molecular weight is 676 g/mol. The summed E-state index contributed by atoms with van der Waals surface area (Å²) < 4.78 is 21.8. The minimum Gasteiger partial charge on any atom is -0.489 e. The molecule has 2 aromatic carbocycles. The van der Waals surface area contributed by atoms with Crippen LogP contribution in [0.4, 0.5) is 0 Å². The van der Waals surface area contributed by atoms with E-state index in [0.717, 1.165) is 15.3 Å². The molecule has 44 heavy (non-hydrogen) atoms. The highest BCUT2D eigenvalue weighted by Gasteiger charge is 2.42. The minimum absolute atomic E-state index is 0.123. The summed E-state index contributed by atoms with van der Waals surface area (Å²) in [5.74, 6) is -1.25. The largest absolute Gasteiger partial charge is 0.489 e. The number of ether oxygens (including phenoxy) is 4. The van der Waals surface area contributed by atoms with Gasteiger partial charge < -0.3 is 29.6 Å². The van der Waals surface area contributed by atoms with Crippen LogP contribution in [0.15, 0.2) is 77.5 Å². The average Bonchev–Trinajstić information content (AvgIpc) is 3.83. The first-order valence-corrected chi connectivity index (χ1v) is 16.0. The lowest BCUT2D eigenvalue weighted by molar-refractivity contribution is -0.147. The number of carbonyl (C=O) groups is 3. The monoisotopic (exact) mass is 674 g/mol. The number of benzene rings is 2. The molecule has 9 nitrogen and oxygen atoms in total. The van der Waals surface area contributed by atoms with E-state index in [-0.39, 0.29) is 19.8 Å². The Morgan fingerprint density at radius 1 is 0.864 bits per heavy atom. The van der Waals surface area contributed by atoms with Gasteiger partial charge in [0.2, 0.25) is 0 Å². The SMILES string of the molecule is COC(=O)[C@H](Cc1ccc(OCc2c(Cl)cccc2Cl)cc1)NC(=O)[C@@H]1OCO[C@H]1C(=O)NC(c1cccs1)c1cccs1. The number of hydrogen-bond donors (Lipinski definition) is 2.